The fourth-order valence-electron chi connectivity index (χ4n) is 2.24. The van der Waals surface area contributed by atoms with Crippen molar-refractivity contribution in [3.63, 3.8) is 0 Å². The zero-order valence-corrected chi connectivity index (χ0v) is 10.8. The van der Waals surface area contributed by atoms with Gasteiger partial charge in [0.05, 0.1) is 19.2 Å². The summed E-state index contributed by atoms with van der Waals surface area (Å²) >= 11 is 0. The number of hydrogen-bond acceptors (Lipinski definition) is 5. The third kappa shape index (κ3) is 1.99. The summed E-state index contributed by atoms with van der Waals surface area (Å²) in [6.07, 6.45) is -0.549. The third-order valence-electron chi connectivity index (χ3n) is 3.12. The zero-order valence-electron chi connectivity index (χ0n) is 9.98. The summed E-state index contributed by atoms with van der Waals surface area (Å²) in [5.74, 6) is 0.416. The number of hydrogen-bond donors (Lipinski definition) is 0. The summed E-state index contributed by atoms with van der Waals surface area (Å²) in [4.78, 5) is 2.02. The molecule has 1 atom stereocenters. The van der Waals surface area contributed by atoms with E-state index in [1.807, 2.05) is 6.07 Å². The van der Waals surface area contributed by atoms with Crippen molar-refractivity contribution in [2.75, 3.05) is 19.7 Å². The molecule has 7 heteroatoms. The van der Waals surface area contributed by atoms with E-state index < -0.39 is 16.1 Å². The lowest BCUT2D eigenvalue weighted by atomic mass is 10.1. The number of sulfonamides is 1. The molecule has 1 aromatic rings. The molecule has 0 aliphatic carbocycles. The summed E-state index contributed by atoms with van der Waals surface area (Å²) in [7, 11) is -3.61. The van der Waals surface area contributed by atoms with E-state index in [4.69, 9.17) is 10.00 Å². The molecule has 0 spiro atoms. The van der Waals surface area contributed by atoms with Crippen LogP contribution in [0.5, 0.6) is 0 Å². The first-order chi connectivity index (χ1) is 9.12. The van der Waals surface area contributed by atoms with Gasteiger partial charge in [-0.2, -0.15) is 13.7 Å². The Bertz CT molecular complexity index is 690. The van der Waals surface area contributed by atoms with E-state index in [1.54, 1.807) is 29.2 Å². The van der Waals surface area contributed by atoms with Crippen LogP contribution >= 0.6 is 0 Å². The number of nitrogens with zero attached hydrogens (tertiary/aromatic N) is 3. The van der Waals surface area contributed by atoms with Gasteiger partial charge >= 0.3 is 0 Å². The maximum absolute atomic E-state index is 11.9. The Morgan fingerprint density at radius 2 is 2.21 bits per heavy atom. The van der Waals surface area contributed by atoms with Crippen molar-refractivity contribution in [2.24, 2.45) is 4.40 Å². The summed E-state index contributed by atoms with van der Waals surface area (Å²) in [6, 6.07) is 8.76. The smallest absolute Gasteiger partial charge is 0.285 e. The highest BCUT2D eigenvalue weighted by Crippen LogP contribution is 2.28. The molecular formula is C12H11N3O3S. The molecular weight excluding hydrogens is 266 g/mol. The van der Waals surface area contributed by atoms with Crippen LogP contribution in [0.3, 0.4) is 0 Å². The number of fused-ring (bicyclic) bond motifs is 1. The predicted octanol–water partition coefficient (Wildman–Crippen LogP) is 0.360. The van der Waals surface area contributed by atoms with Gasteiger partial charge in [0, 0.05) is 12.1 Å². The first-order valence-corrected chi connectivity index (χ1v) is 7.26. The fourth-order valence-corrected chi connectivity index (χ4v) is 3.46. The molecule has 2 aliphatic rings. The molecule has 0 radical (unpaired) electrons. The van der Waals surface area contributed by atoms with Gasteiger partial charge in [-0.25, -0.2) is 0 Å². The molecule has 3 rings (SSSR count). The molecule has 1 unspecified atom stereocenters. The lowest BCUT2D eigenvalue weighted by Crippen LogP contribution is -2.45. The molecule has 19 heavy (non-hydrogen) atoms. The minimum atomic E-state index is -3.61. The van der Waals surface area contributed by atoms with E-state index >= 15 is 0 Å². The molecule has 0 amide bonds. The Morgan fingerprint density at radius 3 is 3.00 bits per heavy atom. The highest BCUT2D eigenvalue weighted by Gasteiger charge is 2.33. The van der Waals surface area contributed by atoms with Crippen LogP contribution in [0, 0.1) is 11.3 Å². The first kappa shape index (κ1) is 12.1. The molecule has 0 aromatic heterocycles. The molecule has 6 nitrogen and oxygen atoms in total. The first-order valence-electron chi connectivity index (χ1n) is 5.82. The Hall–Kier alpha value is -1.91. The van der Waals surface area contributed by atoms with Gasteiger partial charge in [-0.05, 0) is 12.1 Å². The molecule has 1 saturated heterocycles. The summed E-state index contributed by atoms with van der Waals surface area (Å²) in [6.45, 7) is 1.25. The van der Waals surface area contributed by atoms with Crippen molar-refractivity contribution >= 4 is 15.9 Å². The summed E-state index contributed by atoms with van der Waals surface area (Å²) < 4.78 is 33.0. The molecule has 0 bridgehead atoms. The van der Waals surface area contributed by atoms with Gasteiger partial charge in [-0.15, -0.1) is 4.40 Å². The van der Waals surface area contributed by atoms with E-state index in [0.717, 1.165) is 0 Å². The largest absolute Gasteiger partial charge is 0.360 e. The van der Waals surface area contributed by atoms with Gasteiger partial charge < -0.3 is 9.64 Å². The highest BCUT2D eigenvalue weighted by molar-refractivity contribution is 7.90. The van der Waals surface area contributed by atoms with Gasteiger partial charge in [-0.1, -0.05) is 12.1 Å². The molecule has 2 aliphatic heterocycles. The Kier molecular flexibility index (Phi) is 2.77. The quantitative estimate of drug-likeness (QED) is 0.683. The molecule has 98 valence electrons. The SMILES string of the molecule is N#CC1CN(C2=NS(=O)(=O)c3ccccc32)CCO1. The predicted molar refractivity (Wildman–Crippen MR) is 67.1 cm³/mol. The van der Waals surface area contributed by atoms with Crippen LogP contribution in [0.1, 0.15) is 5.56 Å². The number of nitriles is 1. The second-order valence-corrected chi connectivity index (χ2v) is 5.89. The molecule has 0 N–H and O–H groups in total. The number of amidine groups is 1. The Labute approximate surface area is 111 Å². The van der Waals surface area contributed by atoms with Crippen LogP contribution in [0.2, 0.25) is 0 Å². The second kappa shape index (κ2) is 4.33. The van der Waals surface area contributed by atoms with Crippen molar-refractivity contribution in [2.45, 2.75) is 11.0 Å². The normalized spacial score (nSPS) is 24.5. The standard InChI is InChI=1S/C12H11N3O3S/c13-7-9-8-15(5-6-18-9)12-10-3-1-2-4-11(10)19(16,17)14-12/h1-4,9H,5-6,8H2. The summed E-state index contributed by atoms with van der Waals surface area (Å²) in [5.41, 5.74) is 0.598. The molecule has 1 aromatic carbocycles. The van der Waals surface area contributed by atoms with Crippen LogP contribution < -0.4 is 0 Å². The van der Waals surface area contributed by atoms with Crippen molar-refractivity contribution in [3.05, 3.63) is 29.8 Å². The van der Waals surface area contributed by atoms with Gasteiger partial charge in [0.2, 0.25) is 0 Å². The van der Waals surface area contributed by atoms with E-state index in [0.29, 0.717) is 31.1 Å². The monoisotopic (exact) mass is 277 g/mol. The van der Waals surface area contributed by atoms with Gasteiger partial charge in [0.1, 0.15) is 4.90 Å². The fraction of sp³-hybridized carbons (Fsp3) is 0.333. The van der Waals surface area contributed by atoms with Gasteiger partial charge in [0.25, 0.3) is 10.0 Å². The lowest BCUT2D eigenvalue weighted by molar-refractivity contribution is 0.0268. The van der Waals surface area contributed by atoms with Crippen LogP contribution in [0.25, 0.3) is 0 Å². The second-order valence-electron chi connectivity index (χ2n) is 4.32. The minimum Gasteiger partial charge on any atom is -0.360 e. The molecule has 0 saturated carbocycles. The van der Waals surface area contributed by atoms with Crippen LogP contribution in [-0.2, 0) is 14.8 Å². The van der Waals surface area contributed by atoms with Crippen molar-refractivity contribution in [3.8, 4) is 6.07 Å². The van der Waals surface area contributed by atoms with Crippen LogP contribution in [0.15, 0.2) is 33.6 Å². The Balaban J connectivity index is 2.01. The maximum Gasteiger partial charge on any atom is 0.285 e. The van der Waals surface area contributed by atoms with Crippen LogP contribution in [-0.4, -0.2) is 45.0 Å². The van der Waals surface area contributed by atoms with Crippen molar-refractivity contribution in [1.29, 1.82) is 5.26 Å². The average molecular weight is 277 g/mol. The summed E-state index contributed by atoms with van der Waals surface area (Å²) in [5, 5.41) is 8.89. The minimum absolute atomic E-state index is 0.227. The average Bonchev–Trinajstić information content (AvgIpc) is 2.72. The number of ether oxygens (including phenoxy) is 1. The number of morpholine rings is 1. The van der Waals surface area contributed by atoms with Crippen molar-refractivity contribution in [1.82, 2.24) is 4.90 Å². The molecule has 1 fully saturated rings. The van der Waals surface area contributed by atoms with Gasteiger partial charge in [0.15, 0.2) is 11.9 Å². The van der Waals surface area contributed by atoms with E-state index in [9.17, 15) is 8.42 Å². The topological polar surface area (TPSA) is 82.8 Å². The third-order valence-corrected chi connectivity index (χ3v) is 4.45. The van der Waals surface area contributed by atoms with E-state index in [2.05, 4.69) is 4.40 Å². The maximum atomic E-state index is 11.9. The number of rotatable bonds is 0. The van der Waals surface area contributed by atoms with Gasteiger partial charge in [-0.3, -0.25) is 0 Å². The lowest BCUT2D eigenvalue weighted by Gasteiger charge is -2.31. The number of benzene rings is 1. The Morgan fingerprint density at radius 1 is 1.42 bits per heavy atom. The van der Waals surface area contributed by atoms with Crippen molar-refractivity contribution < 1.29 is 13.2 Å². The molecule has 2 heterocycles. The zero-order chi connectivity index (χ0) is 13.5. The van der Waals surface area contributed by atoms with E-state index in [-0.39, 0.29) is 4.90 Å². The van der Waals surface area contributed by atoms with Crippen LogP contribution in [0.4, 0.5) is 0 Å². The highest BCUT2D eigenvalue weighted by atomic mass is 32.2. The van der Waals surface area contributed by atoms with E-state index in [1.165, 1.54) is 0 Å².